The zero-order valence-corrected chi connectivity index (χ0v) is 35.7. The number of carbonyl (C=O) groups excluding carboxylic acids is 1. The van der Waals surface area contributed by atoms with Gasteiger partial charge in [-0.15, -0.1) is 0 Å². The number of hydrogen-bond donors (Lipinski definition) is 2. The summed E-state index contributed by atoms with van der Waals surface area (Å²) in [7, 11) is -6.77. The third-order valence-electron chi connectivity index (χ3n) is 11.2. The number of nitrogens with one attached hydrogen (secondary N) is 2. The molecule has 3 aromatic heterocycles. The molecule has 4 heterocycles. The van der Waals surface area contributed by atoms with Crippen molar-refractivity contribution in [2.45, 2.75) is 17.4 Å². The van der Waals surface area contributed by atoms with Gasteiger partial charge in [-0.25, -0.2) is 27.2 Å². The van der Waals surface area contributed by atoms with Gasteiger partial charge in [0, 0.05) is 81.1 Å². The molecule has 0 bridgehead atoms. The summed E-state index contributed by atoms with van der Waals surface area (Å²) >= 11 is 0. The number of carbonyl (C=O) groups is 1. The summed E-state index contributed by atoms with van der Waals surface area (Å²) in [5.41, 5.74) is 0.347. The molecule has 0 aliphatic carbocycles. The van der Waals surface area contributed by atoms with E-state index in [1.165, 1.54) is 25.5 Å². The smallest absolute Gasteiger partial charge is 0.301 e. The lowest BCUT2D eigenvalue weighted by molar-refractivity contribution is 0.103. The number of anilines is 2. The van der Waals surface area contributed by atoms with Crippen LogP contribution in [0.3, 0.4) is 0 Å². The molecule has 1 fully saturated rings. The molecule has 318 valence electrons. The molecule has 1 aliphatic heterocycles. The summed E-state index contributed by atoms with van der Waals surface area (Å²) < 4.78 is 90.0. The lowest BCUT2D eigenvalue weighted by Crippen LogP contribution is -2.44. The number of benzene rings is 4. The molecular weight excluding hydrogens is 833 g/mol. The van der Waals surface area contributed by atoms with Gasteiger partial charge in [0.2, 0.25) is 5.78 Å². The van der Waals surface area contributed by atoms with Crippen molar-refractivity contribution in [3.8, 4) is 11.1 Å². The Morgan fingerprint density at radius 1 is 0.806 bits per heavy atom. The van der Waals surface area contributed by atoms with Crippen molar-refractivity contribution < 1.29 is 30.4 Å². The van der Waals surface area contributed by atoms with Crippen LogP contribution in [0, 0.1) is 11.6 Å². The Kier molecular flexibility index (Phi) is 11.5. The maximum absolute atomic E-state index is 16.6. The largest absolute Gasteiger partial charge is 0.353 e. The van der Waals surface area contributed by atoms with Crippen LogP contribution in [0.15, 0.2) is 139 Å². The monoisotopic (exact) mass is 875 g/mol. The number of pyridine rings is 2. The van der Waals surface area contributed by atoms with Crippen LogP contribution in [0.25, 0.3) is 22.2 Å². The molecule has 0 radical (unpaired) electrons. The minimum atomic E-state index is -4.27. The molecule has 0 spiro atoms. The van der Waals surface area contributed by atoms with E-state index in [4.69, 9.17) is 4.98 Å². The Balaban J connectivity index is 1.42. The highest BCUT2D eigenvalue weighted by atomic mass is 32.2. The lowest BCUT2D eigenvalue weighted by atomic mass is 9.76. The molecule has 7 aromatic rings. The average Bonchev–Trinajstić information content (AvgIpc) is 3.67. The average molecular weight is 876 g/mol. The van der Waals surface area contributed by atoms with Crippen molar-refractivity contribution in [3.63, 3.8) is 0 Å². The van der Waals surface area contributed by atoms with Crippen molar-refractivity contribution in [1.82, 2.24) is 24.2 Å². The number of nitrogens with zero attached hydrogens (tertiary/aromatic N) is 5. The summed E-state index contributed by atoms with van der Waals surface area (Å²) in [4.78, 5) is 26.5. The minimum absolute atomic E-state index is 0.0132. The number of ketones is 1. The van der Waals surface area contributed by atoms with E-state index in [9.17, 15) is 16.8 Å². The van der Waals surface area contributed by atoms with Crippen LogP contribution in [0.2, 0.25) is 0 Å². The van der Waals surface area contributed by atoms with E-state index in [-0.39, 0.29) is 28.0 Å². The quantitative estimate of drug-likeness (QED) is 0.0937. The van der Waals surface area contributed by atoms with E-state index in [1.807, 2.05) is 100 Å². The van der Waals surface area contributed by atoms with Crippen molar-refractivity contribution in [3.05, 3.63) is 173 Å². The van der Waals surface area contributed by atoms with E-state index in [0.29, 0.717) is 43.1 Å². The number of rotatable bonds is 13. The molecule has 2 N–H and O–H groups in total. The van der Waals surface area contributed by atoms with Gasteiger partial charge in [0.25, 0.3) is 0 Å². The number of halogens is 2. The van der Waals surface area contributed by atoms with Crippen LogP contribution in [-0.2, 0) is 25.6 Å². The number of aromatic nitrogens is 3. The molecule has 12 nitrogen and oxygen atoms in total. The van der Waals surface area contributed by atoms with Crippen molar-refractivity contribution >= 4 is 48.4 Å². The van der Waals surface area contributed by atoms with Gasteiger partial charge in [-0.2, -0.15) is 12.7 Å². The fourth-order valence-electron chi connectivity index (χ4n) is 8.00. The number of sulfone groups is 1. The standard InChI is InChI=1S/C46H43F2N7O5S2/c1-4-53(2)62(59,60)52-39-21-20-38(47)41(42(39)48)43(56)37-30-55(46(33-14-8-5-9-15-33,34-16-10-6-11-17-34)35-18-12-7-13-19-35)44-36(37)26-31(28-50-44)32-27-40(61(3,57)58)45(51-29-32)54-24-22-49-23-25-54/h5-21,26-30,49,52H,4,22-25H2,1-3H3. The van der Waals surface area contributed by atoms with Crippen molar-refractivity contribution in [1.29, 1.82) is 0 Å². The van der Waals surface area contributed by atoms with Crippen LogP contribution < -0.4 is 14.9 Å². The van der Waals surface area contributed by atoms with Gasteiger partial charge in [0.1, 0.15) is 27.7 Å². The van der Waals surface area contributed by atoms with Crippen molar-refractivity contribution in [2.75, 3.05) is 55.6 Å². The first-order valence-electron chi connectivity index (χ1n) is 19.9. The summed E-state index contributed by atoms with van der Waals surface area (Å²) in [5.74, 6) is -3.38. The number of piperazine rings is 1. The molecule has 1 saturated heterocycles. The predicted molar refractivity (Wildman–Crippen MR) is 236 cm³/mol. The van der Waals surface area contributed by atoms with Gasteiger partial charge in [-0.3, -0.25) is 9.52 Å². The first kappa shape index (κ1) is 42.4. The van der Waals surface area contributed by atoms with E-state index in [2.05, 4.69) is 15.0 Å². The Morgan fingerprint density at radius 3 is 1.90 bits per heavy atom. The van der Waals surface area contributed by atoms with E-state index in [0.717, 1.165) is 39.4 Å². The zero-order valence-electron chi connectivity index (χ0n) is 34.1. The maximum Gasteiger partial charge on any atom is 0.301 e. The SMILES string of the molecule is CCN(C)S(=O)(=O)Nc1ccc(F)c(C(=O)c2cn(C(c3ccccc3)(c3ccccc3)c3ccccc3)c3ncc(-c4cnc(N5CCNCC5)c(S(C)(=O)=O)c4)cc23)c1F. The summed E-state index contributed by atoms with van der Waals surface area (Å²) in [6.45, 7) is 4.07. The highest BCUT2D eigenvalue weighted by molar-refractivity contribution is 7.91. The fraction of sp³-hybridized carbons (Fsp3) is 0.196. The fourth-order valence-corrected chi connectivity index (χ4v) is 9.79. The molecule has 0 atom stereocenters. The van der Waals surface area contributed by atoms with Gasteiger partial charge in [-0.1, -0.05) is 97.9 Å². The van der Waals surface area contributed by atoms with E-state index in [1.54, 1.807) is 19.2 Å². The van der Waals surface area contributed by atoms with Crippen LogP contribution in [-0.4, -0.2) is 87.5 Å². The third kappa shape index (κ3) is 7.63. The second-order valence-electron chi connectivity index (χ2n) is 15.0. The second kappa shape index (κ2) is 16.9. The summed E-state index contributed by atoms with van der Waals surface area (Å²) in [6, 6.07) is 33.6. The lowest BCUT2D eigenvalue weighted by Gasteiger charge is -2.38. The second-order valence-corrected chi connectivity index (χ2v) is 18.8. The molecule has 62 heavy (non-hydrogen) atoms. The summed E-state index contributed by atoms with van der Waals surface area (Å²) in [5, 5.41) is 3.44. The third-order valence-corrected chi connectivity index (χ3v) is 13.9. The van der Waals surface area contributed by atoms with Crippen LogP contribution in [0.1, 0.15) is 39.5 Å². The maximum atomic E-state index is 16.6. The molecule has 1 aliphatic rings. The van der Waals surface area contributed by atoms with E-state index < -0.39 is 54.3 Å². The molecular formula is C46H43F2N7O5S2. The Labute approximate surface area is 359 Å². The highest BCUT2D eigenvalue weighted by Crippen LogP contribution is 2.44. The number of fused-ring (bicyclic) bond motifs is 1. The van der Waals surface area contributed by atoms with Crippen molar-refractivity contribution in [2.24, 2.45) is 0 Å². The molecule has 16 heteroatoms. The highest BCUT2D eigenvalue weighted by Gasteiger charge is 2.41. The van der Waals surface area contributed by atoms with Gasteiger partial charge in [0.05, 0.1) is 16.8 Å². The van der Waals surface area contributed by atoms with Gasteiger partial charge >= 0.3 is 10.2 Å². The molecule has 0 amide bonds. The predicted octanol–water partition coefficient (Wildman–Crippen LogP) is 6.87. The zero-order chi connectivity index (χ0) is 43.8. The van der Waals surface area contributed by atoms with Crippen LogP contribution in [0.4, 0.5) is 20.3 Å². The van der Waals surface area contributed by atoms with Gasteiger partial charge in [-0.05, 0) is 41.0 Å². The van der Waals surface area contributed by atoms with Gasteiger partial charge < -0.3 is 14.8 Å². The Bertz CT molecular complexity index is 2920. The van der Waals surface area contributed by atoms with Crippen LogP contribution in [0.5, 0.6) is 0 Å². The Morgan fingerprint density at radius 2 is 1.35 bits per heavy atom. The first-order valence-corrected chi connectivity index (χ1v) is 23.2. The molecule has 4 aromatic carbocycles. The molecule has 0 saturated carbocycles. The summed E-state index contributed by atoms with van der Waals surface area (Å²) in [6.07, 6.45) is 5.72. The van der Waals surface area contributed by atoms with Gasteiger partial charge in [0.15, 0.2) is 15.7 Å². The Hall–Kier alpha value is -6.33. The topological polar surface area (TPSA) is 147 Å². The molecule has 0 unspecified atom stereocenters. The normalized spacial score (nSPS) is 13.7. The van der Waals surface area contributed by atoms with E-state index >= 15 is 13.6 Å². The molecule has 8 rings (SSSR count). The first-order chi connectivity index (χ1) is 29.8. The number of hydrogen-bond acceptors (Lipinski definition) is 9. The minimum Gasteiger partial charge on any atom is -0.353 e. The van der Waals surface area contributed by atoms with Crippen LogP contribution >= 0.6 is 0 Å².